The highest BCUT2D eigenvalue weighted by Crippen LogP contribution is 2.45. The normalized spacial score (nSPS) is 32.5. The van der Waals surface area contributed by atoms with Crippen LogP contribution in [-0.2, 0) is 4.74 Å². The molecule has 0 aromatic heterocycles. The second kappa shape index (κ2) is 6.27. The number of ether oxygens (including phenoxy) is 1. The van der Waals surface area contributed by atoms with E-state index in [4.69, 9.17) is 4.74 Å². The van der Waals surface area contributed by atoms with Gasteiger partial charge in [0.25, 0.3) is 0 Å². The highest BCUT2D eigenvalue weighted by Gasteiger charge is 2.59. The molecule has 2 aliphatic heterocycles. The molecule has 0 radical (unpaired) electrons. The second-order valence-corrected chi connectivity index (χ2v) is 7.68. The predicted octanol–water partition coefficient (Wildman–Crippen LogP) is 3.74. The third-order valence-electron chi connectivity index (χ3n) is 4.71. The molecule has 1 amide bonds. The zero-order valence-corrected chi connectivity index (χ0v) is 14.7. The van der Waals surface area contributed by atoms with Crippen LogP contribution < -0.4 is 0 Å². The Morgan fingerprint density at radius 3 is 2.65 bits per heavy atom. The van der Waals surface area contributed by atoms with Gasteiger partial charge in [-0.25, -0.2) is 9.18 Å². The molecule has 2 heterocycles. The first kappa shape index (κ1) is 18.0. The summed E-state index contributed by atoms with van der Waals surface area (Å²) in [6.07, 6.45) is 4.10. The highest BCUT2D eigenvalue weighted by molar-refractivity contribution is 5.70. The summed E-state index contributed by atoms with van der Waals surface area (Å²) in [7, 11) is 0. The standard InChI is InChI=1S/C18H29FN2O2/c1-7-11-20-12-18(19)10-9-14(15(20)13(3)8-2)21(18)16(22)23-17(4,5)6/h7-8,13-15H,1-2,9-12H2,3-6H3/t13-,14-,15-,18+/m0/s1. The topological polar surface area (TPSA) is 32.8 Å². The molecule has 2 bridgehead atoms. The van der Waals surface area contributed by atoms with E-state index in [2.05, 4.69) is 25.0 Å². The van der Waals surface area contributed by atoms with Gasteiger partial charge < -0.3 is 4.74 Å². The third-order valence-corrected chi connectivity index (χ3v) is 4.71. The molecule has 2 saturated heterocycles. The van der Waals surface area contributed by atoms with Crippen molar-refractivity contribution in [2.24, 2.45) is 5.92 Å². The SMILES string of the molecule is C=CCN1C[C@@]2(F)CC[C@@H]([C@@H]1[C@@H](C)C=C)N2C(=O)OC(C)(C)C. The molecule has 5 heteroatoms. The maximum atomic E-state index is 15.5. The number of likely N-dealkylation sites (tertiary alicyclic amines) is 1. The molecule has 0 aromatic carbocycles. The van der Waals surface area contributed by atoms with Crippen molar-refractivity contribution in [2.75, 3.05) is 13.1 Å². The van der Waals surface area contributed by atoms with E-state index in [1.807, 2.05) is 6.08 Å². The lowest BCUT2D eigenvalue weighted by Crippen LogP contribution is -2.67. The van der Waals surface area contributed by atoms with Crippen LogP contribution in [0.2, 0.25) is 0 Å². The summed E-state index contributed by atoms with van der Waals surface area (Å²) in [5.74, 6) is -1.51. The maximum Gasteiger partial charge on any atom is 0.413 e. The number of amides is 1. The predicted molar refractivity (Wildman–Crippen MR) is 89.9 cm³/mol. The van der Waals surface area contributed by atoms with Crippen LogP contribution in [-0.4, -0.2) is 52.5 Å². The minimum absolute atomic E-state index is 0.0318. The number of hydrogen-bond acceptors (Lipinski definition) is 3. The van der Waals surface area contributed by atoms with Gasteiger partial charge in [0.05, 0.1) is 12.6 Å². The van der Waals surface area contributed by atoms with Crippen LogP contribution in [0.15, 0.2) is 25.3 Å². The van der Waals surface area contributed by atoms with E-state index in [1.54, 1.807) is 26.8 Å². The summed E-state index contributed by atoms with van der Waals surface area (Å²) >= 11 is 0. The Hall–Kier alpha value is -1.36. The number of hydrogen-bond donors (Lipinski definition) is 0. The highest BCUT2D eigenvalue weighted by atomic mass is 19.1. The molecule has 4 nitrogen and oxygen atoms in total. The molecule has 2 fully saturated rings. The van der Waals surface area contributed by atoms with Gasteiger partial charge in [-0.15, -0.1) is 13.2 Å². The molecule has 2 aliphatic rings. The molecule has 0 saturated carbocycles. The molecule has 0 spiro atoms. The van der Waals surface area contributed by atoms with Crippen molar-refractivity contribution in [3.05, 3.63) is 25.3 Å². The van der Waals surface area contributed by atoms with E-state index in [1.165, 1.54) is 4.90 Å². The molecule has 0 N–H and O–H groups in total. The van der Waals surface area contributed by atoms with E-state index < -0.39 is 17.5 Å². The van der Waals surface area contributed by atoms with Crippen molar-refractivity contribution in [1.82, 2.24) is 9.80 Å². The summed E-state index contributed by atoms with van der Waals surface area (Å²) in [5.41, 5.74) is -0.634. The Labute approximate surface area is 139 Å². The lowest BCUT2D eigenvalue weighted by Gasteiger charge is -2.50. The van der Waals surface area contributed by atoms with E-state index in [0.29, 0.717) is 19.4 Å². The average molecular weight is 324 g/mol. The molecule has 0 aliphatic carbocycles. The van der Waals surface area contributed by atoms with Crippen LogP contribution >= 0.6 is 0 Å². The smallest absolute Gasteiger partial charge is 0.413 e. The molecule has 2 rings (SSSR count). The van der Waals surface area contributed by atoms with Gasteiger partial charge in [-0.2, -0.15) is 0 Å². The van der Waals surface area contributed by atoms with Crippen LogP contribution in [0, 0.1) is 5.92 Å². The van der Waals surface area contributed by atoms with E-state index in [9.17, 15) is 4.79 Å². The second-order valence-electron chi connectivity index (χ2n) is 7.68. The lowest BCUT2D eigenvalue weighted by molar-refractivity contribution is -0.109. The number of halogens is 1. The van der Waals surface area contributed by atoms with E-state index in [0.717, 1.165) is 0 Å². The first-order valence-corrected chi connectivity index (χ1v) is 8.31. The van der Waals surface area contributed by atoms with Gasteiger partial charge in [0.15, 0.2) is 0 Å². The minimum Gasteiger partial charge on any atom is -0.444 e. The minimum atomic E-state index is -1.66. The quantitative estimate of drug-likeness (QED) is 0.583. The number of piperazine rings is 1. The van der Waals surface area contributed by atoms with Crippen LogP contribution in [0.3, 0.4) is 0 Å². The van der Waals surface area contributed by atoms with Crippen molar-refractivity contribution in [3.63, 3.8) is 0 Å². The van der Waals surface area contributed by atoms with Crippen molar-refractivity contribution in [3.8, 4) is 0 Å². The summed E-state index contributed by atoms with van der Waals surface area (Å²) in [4.78, 5) is 16.0. The molecule has 0 aromatic rings. The number of carbonyl (C=O) groups excluding carboxylic acids is 1. The summed E-state index contributed by atoms with van der Waals surface area (Å²) < 4.78 is 20.9. The Morgan fingerprint density at radius 2 is 2.13 bits per heavy atom. The van der Waals surface area contributed by atoms with Crippen LogP contribution in [0.25, 0.3) is 0 Å². The fourth-order valence-corrected chi connectivity index (χ4v) is 3.84. The maximum absolute atomic E-state index is 15.5. The van der Waals surface area contributed by atoms with Gasteiger partial charge in [0.1, 0.15) is 5.60 Å². The van der Waals surface area contributed by atoms with Gasteiger partial charge >= 0.3 is 6.09 Å². The fourth-order valence-electron chi connectivity index (χ4n) is 3.84. The zero-order valence-electron chi connectivity index (χ0n) is 14.7. The van der Waals surface area contributed by atoms with Gasteiger partial charge in [0.2, 0.25) is 5.79 Å². The number of rotatable bonds is 4. The van der Waals surface area contributed by atoms with Gasteiger partial charge in [0, 0.05) is 19.0 Å². The van der Waals surface area contributed by atoms with Gasteiger partial charge in [-0.05, 0) is 33.1 Å². The fraction of sp³-hybridized carbons (Fsp3) is 0.722. The van der Waals surface area contributed by atoms with E-state index >= 15 is 4.39 Å². The Bertz CT molecular complexity index is 488. The van der Waals surface area contributed by atoms with Gasteiger partial charge in [-0.3, -0.25) is 9.80 Å². The largest absolute Gasteiger partial charge is 0.444 e. The van der Waals surface area contributed by atoms with Crippen molar-refractivity contribution in [2.45, 2.75) is 64.0 Å². The van der Waals surface area contributed by atoms with Crippen molar-refractivity contribution < 1.29 is 13.9 Å². The Balaban J connectivity index is 2.33. The first-order valence-electron chi connectivity index (χ1n) is 8.31. The van der Waals surface area contributed by atoms with Crippen LogP contribution in [0.4, 0.5) is 9.18 Å². The van der Waals surface area contributed by atoms with Crippen molar-refractivity contribution >= 4 is 6.09 Å². The summed E-state index contributed by atoms with van der Waals surface area (Å²) in [6.45, 7) is 15.9. The van der Waals surface area contributed by atoms with Crippen molar-refractivity contribution in [1.29, 1.82) is 0 Å². The summed E-state index contributed by atoms with van der Waals surface area (Å²) in [5, 5.41) is 0. The van der Waals surface area contributed by atoms with Crippen LogP contribution in [0.1, 0.15) is 40.5 Å². The van der Waals surface area contributed by atoms with E-state index in [-0.39, 0.29) is 24.5 Å². The average Bonchev–Trinajstić information content (AvgIpc) is 2.67. The Kier molecular flexibility index (Phi) is 4.90. The summed E-state index contributed by atoms with van der Waals surface area (Å²) in [6, 6.07) is -0.166. The third kappa shape index (κ3) is 3.44. The number of fused-ring (bicyclic) bond motifs is 2. The Morgan fingerprint density at radius 1 is 1.48 bits per heavy atom. The lowest BCUT2D eigenvalue weighted by atomic mass is 9.90. The number of carbonyl (C=O) groups is 1. The number of alkyl halides is 1. The molecule has 4 atom stereocenters. The molecule has 130 valence electrons. The first-order chi connectivity index (χ1) is 10.6. The number of nitrogens with zero attached hydrogens (tertiary/aromatic N) is 2. The molecular formula is C18H29FN2O2. The molecule has 23 heavy (non-hydrogen) atoms. The zero-order chi connectivity index (χ0) is 17.4. The monoisotopic (exact) mass is 324 g/mol. The molecular weight excluding hydrogens is 295 g/mol. The van der Waals surface area contributed by atoms with Crippen LogP contribution in [0.5, 0.6) is 0 Å². The molecule has 0 unspecified atom stereocenters. The van der Waals surface area contributed by atoms with Gasteiger partial charge in [-0.1, -0.05) is 19.1 Å².